The van der Waals surface area contributed by atoms with Gasteiger partial charge in [-0.05, 0) is 27.7 Å². The molecule has 0 aliphatic carbocycles. The molecular formula is C14H36O7. The summed E-state index contributed by atoms with van der Waals surface area (Å²) in [7, 11) is 0. The van der Waals surface area contributed by atoms with E-state index in [0.29, 0.717) is 13.2 Å². The highest BCUT2D eigenvalue weighted by Crippen LogP contribution is 1.68. The molecule has 0 saturated carbocycles. The van der Waals surface area contributed by atoms with Crippen LogP contribution >= 0.6 is 0 Å². The second kappa shape index (κ2) is 42.7. The van der Waals surface area contributed by atoms with Gasteiger partial charge in [0.15, 0.2) is 0 Å². The normalized spacial score (nSPS) is 8.57. The van der Waals surface area contributed by atoms with Gasteiger partial charge < -0.3 is 34.6 Å². The Labute approximate surface area is 129 Å². The van der Waals surface area contributed by atoms with E-state index in [9.17, 15) is 0 Å². The molecule has 0 aliphatic rings. The molecule has 7 heteroatoms. The van der Waals surface area contributed by atoms with Gasteiger partial charge in [0, 0.05) is 26.4 Å². The summed E-state index contributed by atoms with van der Waals surface area (Å²) in [6.45, 7) is 11.8. The smallest absolute Gasteiger partial charge is 0.0698 e. The Bertz CT molecular complexity index is 99.5. The van der Waals surface area contributed by atoms with Crippen molar-refractivity contribution >= 4 is 0 Å². The molecule has 0 unspecified atom stereocenters. The summed E-state index contributed by atoms with van der Waals surface area (Å²) in [5.74, 6) is 0. The second-order valence-corrected chi connectivity index (χ2v) is 3.07. The number of hydrogen-bond acceptors (Lipinski definition) is 7. The monoisotopic (exact) mass is 316 g/mol. The van der Waals surface area contributed by atoms with Crippen molar-refractivity contribution in [2.75, 3.05) is 66.1 Å². The van der Waals surface area contributed by atoms with Gasteiger partial charge in [0.25, 0.3) is 0 Å². The molecule has 0 aromatic carbocycles. The lowest BCUT2D eigenvalue weighted by Crippen LogP contribution is -2.03. The van der Waals surface area contributed by atoms with Crippen molar-refractivity contribution in [1.29, 1.82) is 0 Å². The first-order valence-corrected chi connectivity index (χ1v) is 7.33. The molecule has 0 bridgehead atoms. The fourth-order valence-corrected chi connectivity index (χ4v) is 0.639. The van der Waals surface area contributed by atoms with Crippen molar-refractivity contribution in [3.63, 3.8) is 0 Å². The van der Waals surface area contributed by atoms with Gasteiger partial charge in [0.1, 0.15) is 0 Å². The molecule has 0 rings (SSSR count). The van der Waals surface area contributed by atoms with E-state index in [1.165, 1.54) is 0 Å². The van der Waals surface area contributed by atoms with Crippen LogP contribution in [0, 0.1) is 0 Å². The molecule has 0 heterocycles. The van der Waals surface area contributed by atoms with Gasteiger partial charge in [-0.3, -0.25) is 0 Å². The average Bonchev–Trinajstić information content (AvgIpc) is 2.51. The van der Waals surface area contributed by atoms with Crippen LogP contribution in [0.5, 0.6) is 0 Å². The fourth-order valence-electron chi connectivity index (χ4n) is 0.639. The summed E-state index contributed by atoms with van der Waals surface area (Å²) < 4.78 is 14.3. The topological polar surface area (TPSA) is 109 Å². The molecule has 0 aliphatic heterocycles. The van der Waals surface area contributed by atoms with E-state index in [1.54, 1.807) is 0 Å². The lowest BCUT2D eigenvalue weighted by atomic mass is 10.7. The lowest BCUT2D eigenvalue weighted by molar-refractivity contribution is 0.0650. The predicted octanol–water partition coefficient (Wildman–Crippen LogP) is 0.0442. The minimum absolute atomic E-state index is 0.0278. The van der Waals surface area contributed by atoms with Crippen LogP contribution in [0.4, 0.5) is 0 Å². The number of hydrogen-bond donors (Lipinski definition) is 4. The summed E-state index contributed by atoms with van der Waals surface area (Å²) in [5.41, 5.74) is 0. The summed E-state index contributed by atoms with van der Waals surface area (Å²) in [6, 6.07) is 0. The molecule has 0 fully saturated rings. The Morgan fingerprint density at radius 2 is 0.762 bits per heavy atom. The van der Waals surface area contributed by atoms with Crippen molar-refractivity contribution in [2.45, 2.75) is 27.7 Å². The number of aliphatic hydroxyl groups excluding tert-OH is 4. The van der Waals surface area contributed by atoms with Crippen molar-refractivity contribution < 1.29 is 34.6 Å². The van der Waals surface area contributed by atoms with Crippen molar-refractivity contribution in [3.05, 3.63) is 0 Å². The largest absolute Gasteiger partial charge is 0.394 e. The minimum Gasteiger partial charge on any atom is -0.394 e. The van der Waals surface area contributed by atoms with E-state index in [0.717, 1.165) is 26.4 Å². The maximum Gasteiger partial charge on any atom is 0.0698 e. The first kappa shape index (κ1) is 28.8. The van der Waals surface area contributed by atoms with Gasteiger partial charge in [-0.2, -0.15) is 0 Å². The van der Waals surface area contributed by atoms with Crippen LogP contribution in [0.3, 0.4) is 0 Å². The molecule has 0 amide bonds. The fraction of sp³-hybridized carbons (Fsp3) is 1.00. The molecule has 0 spiro atoms. The second-order valence-electron chi connectivity index (χ2n) is 3.07. The third kappa shape index (κ3) is 81.4. The van der Waals surface area contributed by atoms with Gasteiger partial charge in [-0.15, -0.1) is 0 Å². The van der Waals surface area contributed by atoms with Crippen molar-refractivity contribution in [3.8, 4) is 0 Å². The van der Waals surface area contributed by atoms with Crippen LogP contribution < -0.4 is 0 Å². The molecule has 7 nitrogen and oxygen atoms in total. The van der Waals surface area contributed by atoms with Crippen LogP contribution in [-0.4, -0.2) is 86.5 Å². The number of aliphatic hydroxyl groups is 4. The molecule has 0 aromatic heterocycles. The summed E-state index contributed by atoms with van der Waals surface area (Å²) in [4.78, 5) is 0. The molecule has 21 heavy (non-hydrogen) atoms. The molecule has 134 valence electrons. The standard InChI is InChI=1S/C4H10O3.2C4H10O.C2H6O2/c5-1-3-7-4-2-6;2*1-3-5-4-2;3-1-2-4/h5-6H,1-4H2;2*3-4H2,1-2H3;3-4H,1-2H2. The number of ether oxygens (including phenoxy) is 3. The zero-order chi connectivity index (χ0) is 17.2. The number of rotatable bonds is 9. The first-order chi connectivity index (χ1) is 10.2. The van der Waals surface area contributed by atoms with Crippen LogP contribution in [-0.2, 0) is 14.2 Å². The molecule has 0 aromatic rings. The van der Waals surface area contributed by atoms with Crippen LogP contribution in [0.1, 0.15) is 27.7 Å². The first-order valence-electron chi connectivity index (χ1n) is 7.33. The van der Waals surface area contributed by atoms with E-state index in [1.807, 2.05) is 27.7 Å². The minimum atomic E-state index is -0.125. The zero-order valence-corrected chi connectivity index (χ0v) is 14.1. The average molecular weight is 316 g/mol. The Kier molecular flexibility index (Phi) is 58.6. The summed E-state index contributed by atoms with van der Waals surface area (Å²) in [5, 5.41) is 31.4. The highest BCUT2D eigenvalue weighted by atomic mass is 16.5. The highest BCUT2D eigenvalue weighted by molar-refractivity contribution is 4.24. The molecule has 4 N–H and O–H groups in total. The van der Waals surface area contributed by atoms with Gasteiger partial charge in [0.05, 0.1) is 39.6 Å². The Morgan fingerprint density at radius 3 is 0.857 bits per heavy atom. The van der Waals surface area contributed by atoms with E-state index in [-0.39, 0.29) is 26.4 Å². The van der Waals surface area contributed by atoms with Crippen LogP contribution in [0.15, 0.2) is 0 Å². The quantitative estimate of drug-likeness (QED) is 0.445. The molecular weight excluding hydrogens is 280 g/mol. The molecule has 0 radical (unpaired) electrons. The third-order valence-corrected chi connectivity index (χ3v) is 1.39. The third-order valence-electron chi connectivity index (χ3n) is 1.39. The van der Waals surface area contributed by atoms with Crippen LogP contribution in [0.2, 0.25) is 0 Å². The maximum atomic E-state index is 8.09. The van der Waals surface area contributed by atoms with E-state index in [4.69, 9.17) is 29.9 Å². The molecule has 0 atom stereocenters. The summed E-state index contributed by atoms with van der Waals surface area (Å²) >= 11 is 0. The SMILES string of the molecule is CCOCC.CCOCC.OCCO.OCCOCCO. The van der Waals surface area contributed by atoms with Gasteiger partial charge in [0.2, 0.25) is 0 Å². The predicted molar refractivity (Wildman–Crippen MR) is 83.5 cm³/mol. The van der Waals surface area contributed by atoms with E-state index in [2.05, 4.69) is 4.74 Å². The maximum absolute atomic E-state index is 8.09. The van der Waals surface area contributed by atoms with E-state index < -0.39 is 0 Å². The lowest BCUT2D eigenvalue weighted by Gasteiger charge is -1.94. The molecule has 0 saturated heterocycles. The Balaban J connectivity index is -0.0000000939. The van der Waals surface area contributed by atoms with Gasteiger partial charge in [-0.25, -0.2) is 0 Å². The van der Waals surface area contributed by atoms with Gasteiger partial charge >= 0.3 is 0 Å². The van der Waals surface area contributed by atoms with Gasteiger partial charge in [-0.1, -0.05) is 0 Å². The van der Waals surface area contributed by atoms with Crippen LogP contribution in [0.25, 0.3) is 0 Å². The Hall–Kier alpha value is -0.280. The zero-order valence-electron chi connectivity index (χ0n) is 14.1. The summed E-state index contributed by atoms with van der Waals surface area (Å²) in [6.07, 6.45) is 0. The highest BCUT2D eigenvalue weighted by Gasteiger charge is 1.79. The Morgan fingerprint density at radius 1 is 0.476 bits per heavy atom. The van der Waals surface area contributed by atoms with Crippen molar-refractivity contribution in [1.82, 2.24) is 0 Å². The van der Waals surface area contributed by atoms with E-state index >= 15 is 0 Å². The van der Waals surface area contributed by atoms with Crippen molar-refractivity contribution in [2.24, 2.45) is 0 Å².